The number of aromatic nitrogens is 7. The van der Waals surface area contributed by atoms with Crippen LogP contribution < -0.4 is 0 Å². The normalized spacial score (nSPS) is 11.5. The van der Waals surface area contributed by atoms with Crippen LogP contribution >= 0.6 is 0 Å². The summed E-state index contributed by atoms with van der Waals surface area (Å²) in [5.74, 6) is 1.58. The van der Waals surface area contributed by atoms with E-state index in [-0.39, 0.29) is 0 Å². The lowest BCUT2D eigenvalue weighted by molar-refractivity contribution is 0.519. The molecular weight excluding hydrogens is 278 g/mol. The molecule has 0 aliphatic carbocycles. The molecule has 0 saturated heterocycles. The highest BCUT2D eigenvalue weighted by Gasteiger charge is 2.15. The molecule has 0 atom stereocenters. The minimum Gasteiger partial charge on any atom is -0.348 e. The van der Waals surface area contributed by atoms with Gasteiger partial charge >= 0.3 is 0 Å². The largest absolute Gasteiger partial charge is 0.348 e. The first-order chi connectivity index (χ1) is 10.5. The molecule has 3 heterocycles. The lowest BCUT2D eigenvalue weighted by atomic mass is 10.3. The zero-order valence-corrected chi connectivity index (χ0v) is 13.4. The number of aromatic amines is 1. The summed E-state index contributed by atoms with van der Waals surface area (Å²) in [4.78, 5) is 11.7. The lowest BCUT2D eigenvalue weighted by Crippen LogP contribution is -2.07. The van der Waals surface area contributed by atoms with Crippen molar-refractivity contribution in [1.29, 1.82) is 0 Å². The van der Waals surface area contributed by atoms with Gasteiger partial charge in [-0.15, -0.1) is 0 Å². The molecular formula is C15H21N7. The molecule has 1 N–H and O–H groups in total. The van der Waals surface area contributed by atoms with Gasteiger partial charge in [-0.1, -0.05) is 0 Å². The monoisotopic (exact) mass is 299 g/mol. The van der Waals surface area contributed by atoms with Crippen molar-refractivity contribution in [3.05, 3.63) is 35.8 Å². The van der Waals surface area contributed by atoms with Gasteiger partial charge in [-0.05, 0) is 33.8 Å². The van der Waals surface area contributed by atoms with Gasteiger partial charge in [0.1, 0.15) is 11.5 Å². The molecule has 0 aromatic carbocycles. The molecule has 0 unspecified atom stereocenters. The van der Waals surface area contributed by atoms with E-state index in [0.29, 0.717) is 6.04 Å². The van der Waals surface area contributed by atoms with Crippen LogP contribution in [0.3, 0.4) is 0 Å². The maximum Gasteiger partial charge on any atom is 0.178 e. The fraction of sp³-hybridized carbons (Fsp3) is 0.467. The molecule has 0 amide bonds. The third kappa shape index (κ3) is 2.79. The number of hydrogen-bond acceptors (Lipinski definition) is 4. The summed E-state index contributed by atoms with van der Waals surface area (Å²) in [7, 11) is 0. The Kier molecular flexibility index (Phi) is 3.79. The van der Waals surface area contributed by atoms with Crippen molar-refractivity contribution in [3.8, 4) is 11.5 Å². The highest BCUT2D eigenvalue weighted by molar-refractivity contribution is 5.50. The van der Waals surface area contributed by atoms with Gasteiger partial charge in [0.25, 0.3) is 0 Å². The molecule has 0 fully saturated rings. The summed E-state index contributed by atoms with van der Waals surface area (Å²) < 4.78 is 3.93. The van der Waals surface area contributed by atoms with Gasteiger partial charge in [-0.25, -0.2) is 14.6 Å². The zero-order valence-electron chi connectivity index (χ0n) is 13.4. The Bertz CT molecular complexity index is 749. The maximum absolute atomic E-state index is 4.67. The molecule has 0 spiro atoms. The van der Waals surface area contributed by atoms with Crippen LogP contribution in [0.5, 0.6) is 0 Å². The molecule has 0 radical (unpaired) electrons. The van der Waals surface area contributed by atoms with Crippen molar-refractivity contribution in [1.82, 2.24) is 34.5 Å². The topological polar surface area (TPSA) is 77.2 Å². The van der Waals surface area contributed by atoms with Gasteiger partial charge in [0, 0.05) is 36.6 Å². The molecule has 116 valence electrons. The van der Waals surface area contributed by atoms with Crippen LogP contribution in [-0.4, -0.2) is 34.5 Å². The summed E-state index contributed by atoms with van der Waals surface area (Å²) in [6.07, 6.45) is 4.36. The molecule has 22 heavy (non-hydrogen) atoms. The number of H-pyrrole nitrogens is 1. The van der Waals surface area contributed by atoms with Gasteiger partial charge in [0.15, 0.2) is 5.82 Å². The second-order valence-corrected chi connectivity index (χ2v) is 5.74. The SMILES string of the molecule is Cc1nc(-c2cc(C)n(C(C)C)n2)n(CCc2cnc[nH]2)n1. The Labute approximate surface area is 129 Å². The number of nitrogens with zero attached hydrogens (tertiary/aromatic N) is 6. The highest BCUT2D eigenvalue weighted by atomic mass is 15.4. The van der Waals surface area contributed by atoms with E-state index in [2.05, 4.69) is 52.0 Å². The maximum atomic E-state index is 4.67. The number of hydrogen-bond donors (Lipinski definition) is 1. The van der Waals surface area contributed by atoms with Crippen LogP contribution in [-0.2, 0) is 13.0 Å². The van der Waals surface area contributed by atoms with E-state index in [1.165, 1.54) is 0 Å². The summed E-state index contributed by atoms with van der Waals surface area (Å²) in [6, 6.07) is 2.40. The molecule has 0 aliphatic heterocycles. The Hall–Kier alpha value is -2.44. The van der Waals surface area contributed by atoms with Crippen LogP contribution in [0.2, 0.25) is 0 Å². The van der Waals surface area contributed by atoms with Gasteiger partial charge in [-0.3, -0.25) is 4.68 Å². The Morgan fingerprint density at radius 3 is 2.68 bits per heavy atom. The minimum absolute atomic E-state index is 0.330. The molecule has 3 rings (SSSR count). The zero-order chi connectivity index (χ0) is 15.7. The number of nitrogens with one attached hydrogen (secondary N) is 1. The number of aryl methyl sites for hydroxylation is 4. The van der Waals surface area contributed by atoms with E-state index in [9.17, 15) is 0 Å². The first kappa shape index (κ1) is 14.5. The number of rotatable bonds is 5. The van der Waals surface area contributed by atoms with E-state index in [4.69, 9.17) is 0 Å². The van der Waals surface area contributed by atoms with E-state index in [0.717, 1.165) is 41.7 Å². The fourth-order valence-corrected chi connectivity index (χ4v) is 2.57. The van der Waals surface area contributed by atoms with Crippen molar-refractivity contribution >= 4 is 0 Å². The molecule has 0 aliphatic rings. The average molecular weight is 299 g/mol. The van der Waals surface area contributed by atoms with Crippen LogP contribution in [0.1, 0.15) is 37.1 Å². The lowest BCUT2D eigenvalue weighted by Gasteiger charge is -2.07. The van der Waals surface area contributed by atoms with Crippen LogP contribution in [0.4, 0.5) is 0 Å². The minimum atomic E-state index is 0.330. The predicted octanol–water partition coefficient (Wildman–Crippen LogP) is 2.31. The highest BCUT2D eigenvalue weighted by Crippen LogP contribution is 2.20. The summed E-state index contributed by atoms with van der Waals surface area (Å²) in [5, 5.41) is 9.16. The molecule has 3 aromatic heterocycles. The van der Waals surface area contributed by atoms with E-state index in [1.807, 2.05) is 22.5 Å². The van der Waals surface area contributed by atoms with Crippen molar-refractivity contribution in [2.45, 2.75) is 46.7 Å². The second-order valence-electron chi connectivity index (χ2n) is 5.74. The Balaban J connectivity index is 1.89. The van der Waals surface area contributed by atoms with Crippen LogP contribution in [0.15, 0.2) is 18.6 Å². The molecule has 7 heteroatoms. The predicted molar refractivity (Wildman–Crippen MR) is 83.4 cm³/mol. The molecule has 3 aromatic rings. The van der Waals surface area contributed by atoms with Gasteiger partial charge in [-0.2, -0.15) is 10.2 Å². The molecule has 0 bridgehead atoms. The summed E-state index contributed by atoms with van der Waals surface area (Å²) in [6.45, 7) is 8.96. The first-order valence-electron chi connectivity index (χ1n) is 7.50. The van der Waals surface area contributed by atoms with E-state index < -0.39 is 0 Å². The van der Waals surface area contributed by atoms with Crippen molar-refractivity contribution in [2.24, 2.45) is 0 Å². The first-order valence-corrected chi connectivity index (χ1v) is 7.50. The van der Waals surface area contributed by atoms with E-state index >= 15 is 0 Å². The third-order valence-electron chi connectivity index (χ3n) is 3.57. The molecule has 0 saturated carbocycles. The van der Waals surface area contributed by atoms with Crippen molar-refractivity contribution in [2.75, 3.05) is 0 Å². The number of imidazole rings is 1. The van der Waals surface area contributed by atoms with Gasteiger partial charge in [0.05, 0.1) is 6.33 Å². The van der Waals surface area contributed by atoms with Gasteiger partial charge in [0.2, 0.25) is 0 Å². The fourth-order valence-electron chi connectivity index (χ4n) is 2.57. The van der Waals surface area contributed by atoms with Crippen molar-refractivity contribution < 1.29 is 0 Å². The summed E-state index contributed by atoms with van der Waals surface area (Å²) in [5.41, 5.74) is 3.09. The average Bonchev–Trinajstić information content (AvgIpc) is 3.15. The van der Waals surface area contributed by atoms with Crippen molar-refractivity contribution in [3.63, 3.8) is 0 Å². The Morgan fingerprint density at radius 1 is 1.23 bits per heavy atom. The van der Waals surface area contributed by atoms with Crippen LogP contribution in [0, 0.1) is 13.8 Å². The standard InChI is InChI=1S/C15H21N7/c1-10(2)22-11(3)7-14(20-22)15-18-12(4)19-21(15)6-5-13-8-16-9-17-13/h7-10H,5-6H2,1-4H3,(H,16,17). The van der Waals surface area contributed by atoms with Crippen LogP contribution in [0.25, 0.3) is 11.5 Å². The van der Waals surface area contributed by atoms with E-state index in [1.54, 1.807) is 6.33 Å². The smallest absolute Gasteiger partial charge is 0.178 e. The second kappa shape index (κ2) is 5.75. The third-order valence-corrected chi connectivity index (χ3v) is 3.57. The molecule has 7 nitrogen and oxygen atoms in total. The summed E-state index contributed by atoms with van der Waals surface area (Å²) >= 11 is 0. The quantitative estimate of drug-likeness (QED) is 0.784. The van der Waals surface area contributed by atoms with Gasteiger partial charge < -0.3 is 4.98 Å². The Morgan fingerprint density at radius 2 is 2.05 bits per heavy atom.